The minimum atomic E-state index is -0.629. The molecule has 1 aromatic rings. The van der Waals surface area contributed by atoms with Crippen molar-refractivity contribution in [2.24, 2.45) is 16.2 Å². The van der Waals surface area contributed by atoms with Crippen LogP contribution in [0.2, 0.25) is 0 Å². The van der Waals surface area contributed by atoms with Gasteiger partial charge in [0.25, 0.3) is 0 Å². The number of carbonyl (C=O) groups is 2. The lowest BCUT2D eigenvalue weighted by atomic mass is 9.64. The number of Topliss-reactive ketones (excluding diaryl/α,β-unsaturated/α-hetero) is 1. The second kappa shape index (κ2) is 4.93. The Morgan fingerprint density at radius 1 is 1.24 bits per heavy atom. The van der Waals surface area contributed by atoms with Crippen molar-refractivity contribution < 1.29 is 14.0 Å². The van der Waals surface area contributed by atoms with Gasteiger partial charge in [-0.2, -0.15) is 0 Å². The summed E-state index contributed by atoms with van der Waals surface area (Å²) in [5.41, 5.74) is 0.323. The number of carbonyl (C=O) groups excluding carboxylic acids is 2. The maximum Gasteiger partial charge on any atom is 0.234 e. The highest BCUT2D eigenvalue weighted by Gasteiger charge is 2.73. The van der Waals surface area contributed by atoms with E-state index in [0.29, 0.717) is 6.42 Å². The molecule has 0 aromatic heterocycles. The summed E-state index contributed by atoms with van der Waals surface area (Å²) in [6.07, 6.45) is 3.49. The standard InChI is InChI=1S/C21H26FNO2/c1-13-5-6-14-11-15(22)7-8-16(14)23(13)18(25)21-10-9-20(4,17(24)12-21)19(21,2)3/h7-8,11,13H,5-6,9-10,12H2,1-4H3/t13-,20-,21+/m1/s1. The van der Waals surface area contributed by atoms with Crippen molar-refractivity contribution in [3.05, 3.63) is 29.6 Å². The number of fused-ring (bicyclic) bond motifs is 3. The van der Waals surface area contributed by atoms with Crippen molar-refractivity contribution in [1.29, 1.82) is 0 Å². The number of benzene rings is 1. The van der Waals surface area contributed by atoms with E-state index in [0.717, 1.165) is 36.9 Å². The number of nitrogens with zero attached hydrogens (tertiary/aromatic N) is 1. The lowest BCUT2D eigenvalue weighted by Gasteiger charge is -2.45. The largest absolute Gasteiger partial charge is 0.309 e. The number of halogens is 1. The van der Waals surface area contributed by atoms with Gasteiger partial charge < -0.3 is 4.90 Å². The number of aryl methyl sites for hydroxylation is 1. The highest BCUT2D eigenvalue weighted by molar-refractivity contribution is 6.06. The minimum Gasteiger partial charge on any atom is -0.309 e. The molecular weight excluding hydrogens is 317 g/mol. The number of hydrogen-bond acceptors (Lipinski definition) is 2. The van der Waals surface area contributed by atoms with E-state index in [1.54, 1.807) is 12.1 Å². The molecule has 134 valence electrons. The van der Waals surface area contributed by atoms with Crippen LogP contribution < -0.4 is 4.90 Å². The van der Waals surface area contributed by atoms with E-state index in [9.17, 15) is 14.0 Å². The Bertz CT molecular complexity index is 786. The van der Waals surface area contributed by atoms with Crippen LogP contribution >= 0.6 is 0 Å². The molecule has 0 radical (unpaired) electrons. The van der Waals surface area contributed by atoms with E-state index in [2.05, 4.69) is 20.8 Å². The minimum absolute atomic E-state index is 0.0622. The summed E-state index contributed by atoms with van der Waals surface area (Å²) in [6, 6.07) is 4.77. The lowest BCUT2D eigenvalue weighted by Crippen LogP contribution is -2.53. The van der Waals surface area contributed by atoms with Crippen molar-refractivity contribution >= 4 is 17.4 Å². The van der Waals surface area contributed by atoms with Crippen molar-refractivity contribution in [3.8, 4) is 0 Å². The van der Waals surface area contributed by atoms with Crippen molar-refractivity contribution in [2.45, 2.75) is 65.8 Å². The third-order valence-electron chi connectivity index (χ3n) is 7.91. The van der Waals surface area contributed by atoms with Crippen LogP contribution in [0.5, 0.6) is 0 Å². The molecule has 3 atom stereocenters. The summed E-state index contributed by atoms with van der Waals surface area (Å²) in [7, 11) is 0. The van der Waals surface area contributed by atoms with Crippen molar-refractivity contribution in [1.82, 2.24) is 0 Å². The van der Waals surface area contributed by atoms with Crippen LogP contribution in [0.3, 0.4) is 0 Å². The average Bonchev–Trinajstić information content (AvgIpc) is 2.85. The van der Waals surface area contributed by atoms with Gasteiger partial charge in [0.05, 0.1) is 5.41 Å². The average molecular weight is 343 g/mol. The first-order valence-corrected chi connectivity index (χ1v) is 9.29. The van der Waals surface area contributed by atoms with Crippen LogP contribution in [0.1, 0.15) is 58.9 Å². The van der Waals surface area contributed by atoms with Crippen molar-refractivity contribution in [2.75, 3.05) is 4.90 Å². The molecule has 0 unspecified atom stereocenters. The van der Waals surface area contributed by atoms with Gasteiger partial charge in [-0.1, -0.05) is 20.8 Å². The van der Waals surface area contributed by atoms with Crippen LogP contribution in [0.25, 0.3) is 0 Å². The Hall–Kier alpha value is -1.71. The molecule has 0 N–H and O–H groups in total. The third kappa shape index (κ3) is 1.86. The Morgan fingerprint density at radius 3 is 2.56 bits per heavy atom. The molecule has 3 nitrogen and oxygen atoms in total. The maximum absolute atomic E-state index is 13.8. The topological polar surface area (TPSA) is 37.4 Å². The van der Waals surface area contributed by atoms with Gasteiger partial charge in [-0.05, 0) is 61.8 Å². The first kappa shape index (κ1) is 16.7. The van der Waals surface area contributed by atoms with Crippen LogP contribution in [0.15, 0.2) is 18.2 Å². The molecule has 0 saturated heterocycles. The molecule has 2 saturated carbocycles. The Balaban J connectivity index is 1.81. The van der Waals surface area contributed by atoms with Gasteiger partial charge in [-0.15, -0.1) is 0 Å². The van der Waals surface area contributed by atoms with Crippen LogP contribution in [-0.2, 0) is 16.0 Å². The van der Waals surface area contributed by atoms with E-state index in [1.165, 1.54) is 6.07 Å². The molecule has 0 spiro atoms. The van der Waals surface area contributed by atoms with E-state index in [1.807, 2.05) is 11.8 Å². The van der Waals surface area contributed by atoms with Gasteiger partial charge in [0.2, 0.25) is 5.91 Å². The zero-order valence-electron chi connectivity index (χ0n) is 15.5. The SMILES string of the molecule is C[C@@H]1CCc2cc(F)ccc2N1C(=O)[C@]12CC[C@](C)(C(=O)C1)C2(C)C. The molecule has 25 heavy (non-hydrogen) atoms. The second-order valence-electron chi connectivity index (χ2n) is 8.98. The summed E-state index contributed by atoms with van der Waals surface area (Å²) in [6.45, 7) is 8.26. The fraction of sp³-hybridized carbons (Fsp3) is 0.619. The summed E-state index contributed by atoms with van der Waals surface area (Å²) in [5, 5.41) is 0. The van der Waals surface area contributed by atoms with Gasteiger partial charge >= 0.3 is 0 Å². The van der Waals surface area contributed by atoms with Gasteiger partial charge in [0.15, 0.2) is 0 Å². The summed E-state index contributed by atoms with van der Waals surface area (Å²) in [5.74, 6) is 0.0249. The monoisotopic (exact) mass is 343 g/mol. The molecule has 3 aliphatic rings. The van der Waals surface area contributed by atoms with Gasteiger partial charge in [-0.25, -0.2) is 4.39 Å². The molecule has 4 rings (SSSR count). The zero-order chi connectivity index (χ0) is 18.2. The van der Waals surface area contributed by atoms with Gasteiger partial charge in [0.1, 0.15) is 11.6 Å². The molecule has 2 fully saturated rings. The Labute approximate surface area is 148 Å². The Morgan fingerprint density at radius 2 is 1.96 bits per heavy atom. The lowest BCUT2D eigenvalue weighted by molar-refractivity contribution is -0.134. The smallest absolute Gasteiger partial charge is 0.234 e. The molecule has 1 heterocycles. The van der Waals surface area contributed by atoms with Crippen LogP contribution in [-0.4, -0.2) is 17.7 Å². The summed E-state index contributed by atoms with van der Waals surface area (Å²) < 4.78 is 13.6. The number of rotatable bonds is 1. The van der Waals surface area contributed by atoms with Gasteiger partial charge in [-0.3, -0.25) is 9.59 Å². The van der Waals surface area contributed by atoms with E-state index in [-0.39, 0.29) is 29.0 Å². The number of ketones is 1. The number of hydrogen-bond donors (Lipinski definition) is 0. The van der Waals surface area contributed by atoms with E-state index in [4.69, 9.17) is 0 Å². The first-order chi connectivity index (χ1) is 11.6. The summed E-state index contributed by atoms with van der Waals surface area (Å²) in [4.78, 5) is 28.4. The fourth-order valence-electron chi connectivity index (χ4n) is 5.59. The van der Waals surface area contributed by atoms with Crippen LogP contribution in [0.4, 0.5) is 10.1 Å². The number of anilines is 1. The Kier molecular flexibility index (Phi) is 3.30. The highest BCUT2D eigenvalue weighted by atomic mass is 19.1. The molecule has 4 heteroatoms. The molecule has 2 aliphatic carbocycles. The normalized spacial score (nSPS) is 35.8. The van der Waals surface area contributed by atoms with Gasteiger partial charge in [0, 0.05) is 23.6 Å². The predicted octanol–water partition coefficient (Wildman–Crippen LogP) is 4.28. The molecular formula is C21H26FNO2. The fourth-order valence-corrected chi connectivity index (χ4v) is 5.59. The third-order valence-corrected chi connectivity index (χ3v) is 7.91. The van der Waals surface area contributed by atoms with E-state index < -0.39 is 10.8 Å². The summed E-state index contributed by atoms with van der Waals surface area (Å²) >= 11 is 0. The highest BCUT2D eigenvalue weighted by Crippen LogP contribution is 2.71. The first-order valence-electron chi connectivity index (χ1n) is 9.29. The van der Waals surface area contributed by atoms with E-state index >= 15 is 0 Å². The molecule has 1 aliphatic heterocycles. The van der Waals surface area contributed by atoms with Crippen LogP contribution in [0, 0.1) is 22.1 Å². The zero-order valence-corrected chi connectivity index (χ0v) is 15.5. The molecule has 1 aromatic carbocycles. The molecule has 1 amide bonds. The number of amides is 1. The molecule has 2 bridgehead atoms. The second-order valence-corrected chi connectivity index (χ2v) is 8.98. The van der Waals surface area contributed by atoms with Crippen molar-refractivity contribution in [3.63, 3.8) is 0 Å². The maximum atomic E-state index is 13.8. The predicted molar refractivity (Wildman–Crippen MR) is 94.8 cm³/mol. The quantitative estimate of drug-likeness (QED) is 0.763.